The van der Waals surface area contributed by atoms with E-state index in [1.54, 1.807) is 0 Å². The fraction of sp³-hybridized carbons (Fsp3) is 0.333. The van der Waals surface area contributed by atoms with E-state index < -0.39 is 5.97 Å². The lowest BCUT2D eigenvalue weighted by Gasteiger charge is -2.16. The molecule has 1 saturated heterocycles. The van der Waals surface area contributed by atoms with E-state index >= 15 is 0 Å². The van der Waals surface area contributed by atoms with Crippen molar-refractivity contribution < 1.29 is 14.6 Å². The van der Waals surface area contributed by atoms with Crippen LogP contribution < -0.4 is 5.32 Å². The highest BCUT2D eigenvalue weighted by Gasteiger charge is 2.22. The van der Waals surface area contributed by atoms with Crippen molar-refractivity contribution in [2.45, 2.75) is 19.4 Å². The molecule has 2 heterocycles. The summed E-state index contributed by atoms with van der Waals surface area (Å²) in [5.74, 6) is -0.522. The smallest absolute Gasteiger partial charge is 0.339 e. The summed E-state index contributed by atoms with van der Waals surface area (Å²) in [5.41, 5.74) is 1.79. The normalized spacial score (nSPS) is 18.4. The van der Waals surface area contributed by atoms with E-state index in [0.717, 1.165) is 22.9 Å². The number of para-hydroxylation sites is 1. The van der Waals surface area contributed by atoms with Crippen molar-refractivity contribution in [3.05, 3.63) is 35.4 Å². The summed E-state index contributed by atoms with van der Waals surface area (Å²) in [6, 6.07) is 7.70. The van der Waals surface area contributed by atoms with Crippen LogP contribution in [0.4, 0.5) is 5.82 Å². The number of carboxylic acids is 1. The average molecular weight is 272 g/mol. The number of pyridine rings is 1. The minimum absolute atomic E-state index is 0.126. The summed E-state index contributed by atoms with van der Waals surface area (Å²) in [6.45, 7) is 3.11. The van der Waals surface area contributed by atoms with Crippen molar-refractivity contribution in [2.24, 2.45) is 0 Å². The van der Waals surface area contributed by atoms with Crippen LogP contribution in [0.25, 0.3) is 10.9 Å². The molecule has 0 saturated carbocycles. The molecule has 1 aromatic carbocycles. The zero-order valence-electron chi connectivity index (χ0n) is 11.2. The number of hydrogen-bond acceptors (Lipinski definition) is 4. The molecule has 1 aliphatic heterocycles. The molecular weight excluding hydrogens is 256 g/mol. The van der Waals surface area contributed by atoms with Crippen LogP contribution in [0.5, 0.6) is 0 Å². The van der Waals surface area contributed by atoms with Gasteiger partial charge in [0.2, 0.25) is 0 Å². The maximum Gasteiger partial charge on any atom is 0.339 e. The van der Waals surface area contributed by atoms with Gasteiger partial charge in [0, 0.05) is 12.0 Å². The molecule has 1 aromatic heterocycles. The molecule has 20 heavy (non-hydrogen) atoms. The molecule has 0 spiro atoms. The second-order valence-corrected chi connectivity index (χ2v) is 4.99. The summed E-state index contributed by atoms with van der Waals surface area (Å²) in [5, 5.41) is 13.5. The number of aromatic carboxylic acids is 1. The van der Waals surface area contributed by atoms with Gasteiger partial charge in [-0.05, 0) is 25.0 Å². The monoisotopic (exact) mass is 272 g/mol. The lowest BCUT2D eigenvalue weighted by molar-refractivity contribution is 0.0697. The summed E-state index contributed by atoms with van der Waals surface area (Å²) < 4.78 is 5.31. The Hall–Kier alpha value is -2.14. The number of carbonyl (C=O) groups is 1. The number of anilines is 1. The zero-order chi connectivity index (χ0) is 14.1. The average Bonchev–Trinajstić information content (AvgIpc) is 2.91. The number of ether oxygens (including phenoxy) is 1. The lowest BCUT2D eigenvalue weighted by atomic mass is 10.0. The van der Waals surface area contributed by atoms with Gasteiger partial charge in [-0.25, -0.2) is 9.78 Å². The Morgan fingerprint density at radius 1 is 1.45 bits per heavy atom. The third-order valence-electron chi connectivity index (χ3n) is 3.64. The predicted octanol–water partition coefficient (Wildman–Crippen LogP) is 2.44. The number of benzene rings is 1. The number of hydrogen-bond donors (Lipinski definition) is 2. The van der Waals surface area contributed by atoms with Crippen molar-refractivity contribution in [2.75, 3.05) is 18.5 Å². The number of carboxylic acid groups (broad SMARTS) is 1. The molecule has 5 nitrogen and oxygen atoms in total. The first-order chi connectivity index (χ1) is 9.66. The van der Waals surface area contributed by atoms with Gasteiger partial charge >= 0.3 is 5.97 Å². The second-order valence-electron chi connectivity index (χ2n) is 4.99. The molecule has 1 aliphatic rings. The van der Waals surface area contributed by atoms with Gasteiger partial charge in [-0.1, -0.05) is 18.2 Å². The number of nitrogens with zero attached hydrogens (tertiary/aromatic N) is 1. The first kappa shape index (κ1) is 12.9. The van der Waals surface area contributed by atoms with Gasteiger partial charge in [-0.15, -0.1) is 0 Å². The largest absolute Gasteiger partial charge is 0.478 e. The quantitative estimate of drug-likeness (QED) is 0.898. The zero-order valence-corrected chi connectivity index (χ0v) is 11.2. The molecule has 0 aliphatic carbocycles. The Kier molecular flexibility index (Phi) is 3.28. The van der Waals surface area contributed by atoms with E-state index in [2.05, 4.69) is 10.3 Å². The number of rotatable bonds is 3. The van der Waals surface area contributed by atoms with Crippen LogP contribution in [0.2, 0.25) is 0 Å². The molecule has 104 valence electrons. The van der Waals surface area contributed by atoms with Crippen molar-refractivity contribution >= 4 is 22.7 Å². The Morgan fingerprint density at radius 3 is 2.95 bits per heavy atom. The predicted molar refractivity (Wildman–Crippen MR) is 76.3 cm³/mol. The van der Waals surface area contributed by atoms with E-state index in [1.165, 1.54) is 0 Å². The van der Waals surface area contributed by atoms with Gasteiger partial charge in [0.1, 0.15) is 11.4 Å². The molecule has 5 heteroatoms. The first-order valence-corrected chi connectivity index (χ1v) is 6.63. The van der Waals surface area contributed by atoms with Crippen LogP contribution >= 0.6 is 0 Å². The molecule has 1 atom stereocenters. The standard InChI is InChI=1S/C15H16N2O3/c1-9-11-4-2-3-5-12(11)17-14(13(9)15(18)19)16-10-6-7-20-8-10/h2-5,10H,6-8H2,1H3,(H,16,17)(H,18,19)/t10-/m1/s1. The molecule has 0 unspecified atom stereocenters. The highest BCUT2D eigenvalue weighted by molar-refractivity contribution is 6.01. The number of fused-ring (bicyclic) bond motifs is 1. The number of aromatic nitrogens is 1. The van der Waals surface area contributed by atoms with E-state index in [4.69, 9.17) is 4.74 Å². The van der Waals surface area contributed by atoms with Crippen molar-refractivity contribution in [1.82, 2.24) is 4.98 Å². The molecule has 2 aromatic rings. The number of aryl methyl sites for hydroxylation is 1. The van der Waals surface area contributed by atoms with Crippen LogP contribution in [-0.4, -0.2) is 35.3 Å². The Labute approximate surface area is 116 Å². The highest BCUT2D eigenvalue weighted by Crippen LogP contribution is 2.27. The Morgan fingerprint density at radius 2 is 2.25 bits per heavy atom. The van der Waals surface area contributed by atoms with Gasteiger partial charge in [0.05, 0.1) is 18.2 Å². The van der Waals surface area contributed by atoms with Crippen LogP contribution in [-0.2, 0) is 4.74 Å². The second kappa shape index (κ2) is 5.09. The van der Waals surface area contributed by atoms with Crippen molar-refractivity contribution in [3.63, 3.8) is 0 Å². The molecule has 0 radical (unpaired) electrons. The van der Waals surface area contributed by atoms with Gasteiger partial charge in [0.25, 0.3) is 0 Å². The van der Waals surface area contributed by atoms with Gasteiger partial charge in [0.15, 0.2) is 0 Å². The van der Waals surface area contributed by atoms with E-state index in [9.17, 15) is 9.90 Å². The summed E-state index contributed by atoms with van der Waals surface area (Å²) in [6.07, 6.45) is 0.868. The SMILES string of the molecule is Cc1c(C(=O)O)c(N[C@@H]2CCOC2)nc2ccccc12. The maximum absolute atomic E-state index is 11.5. The molecule has 1 fully saturated rings. The topological polar surface area (TPSA) is 71.5 Å². The van der Waals surface area contributed by atoms with E-state index in [0.29, 0.717) is 19.0 Å². The van der Waals surface area contributed by atoms with Crippen molar-refractivity contribution in [3.8, 4) is 0 Å². The van der Waals surface area contributed by atoms with Crippen LogP contribution in [0.15, 0.2) is 24.3 Å². The first-order valence-electron chi connectivity index (χ1n) is 6.63. The summed E-state index contributed by atoms with van der Waals surface area (Å²) in [7, 11) is 0. The minimum atomic E-state index is -0.956. The highest BCUT2D eigenvalue weighted by atomic mass is 16.5. The molecule has 0 amide bonds. The van der Waals surface area contributed by atoms with Crippen molar-refractivity contribution in [1.29, 1.82) is 0 Å². The lowest BCUT2D eigenvalue weighted by Crippen LogP contribution is -2.22. The van der Waals surface area contributed by atoms with Crippen LogP contribution in [0.1, 0.15) is 22.3 Å². The Bertz CT molecular complexity index is 663. The molecule has 2 N–H and O–H groups in total. The molecular formula is C15H16N2O3. The van der Waals surface area contributed by atoms with E-state index in [1.807, 2.05) is 31.2 Å². The third kappa shape index (κ3) is 2.20. The summed E-state index contributed by atoms with van der Waals surface area (Å²) >= 11 is 0. The Balaban J connectivity index is 2.12. The minimum Gasteiger partial charge on any atom is -0.478 e. The fourth-order valence-corrected chi connectivity index (χ4v) is 2.58. The van der Waals surface area contributed by atoms with E-state index in [-0.39, 0.29) is 11.6 Å². The summed E-state index contributed by atoms with van der Waals surface area (Å²) in [4.78, 5) is 16.0. The van der Waals surface area contributed by atoms with Gasteiger partial charge < -0.3 is 15.2 Å². The maximum atomic E-state index is 11.5. The van der Waals surface area contributed by atoms with Crippen LogP contribution in [0, 0.1) is 6.92 Å². The van der Waals surface area contributed by atoms with Crippen LogP contribution in [0.3, 0.4) is 0 Å². The molecule has 3 rings (SSSR count). The fourth-order valence-electron chi connectivity index (χ4n) is 2.58. The third-order valence-corrected chi connectivity index (χ3v) is 3.64. The van der Waals surface area contributed by atoms with Gasteiger partial charge in [-0.3, -0.25) is 0 Å². The molecule has 0 bridgehead atoms. The van der Waals surface area contributed by atoms with Gasteiger partial charge in [-0.2, -0.15) is 0 Å². The number of nitrogens with one attached hydrogen (secondary N) is 1.